The van der Waals surface area contributed by atoms with Crippen LogP contribution in [0.2, 0.25) is 0 Å². The third kappa shape index (κ3) is 1.78. The SMILES string of the molecule is [C-]#[N+]c1cc(C)c(-n2c(=O)n(C)n(C)c2=O)nc1C. The fourth-order valence-electron chi connectivity index (χ4n) is 1.83. The van der Waals surface area contributed by atoms with E-state index in [9.17, 15) is 9.59 Å². The average Bonchev–Trinajstić information content (AvgIpc) is 2.57. The fourth-order valence-corrected chi connectivity index (χ4v) is 1.83. The number of pyridine rings is 1. The second-order valence-electron chi connectivity index (χ2n) is 4.29. The molecule has 7 nitrogen and oxygen atoms in total. The fraction of sp³-hybridized carbons (Fsp3) is 0.333. The number of aromatic nitrogens is 4. The minimum absolute atomic E-state index is 0.274. The Bertz CT molecular complexity index is 783. The third-order valence-electron chi connectivity index (χ3n) is 3.07. The maximum Gasteiger partial charge on any atom is 0.352 e. The van der Waals surface area contributed by atoms with Gasteiger partial charge in [-0.15, -0.1) is 0 Å². The first-order chi connectivity index (χ1) is 8.88. The summed E-state index contributed by atoms with van der Waals surface area (Å²) in [5.41, 5.74) is 0.605. The maximum atomic E-state index is 12.0. The molecule has 0 unspecified atom stereocenters. The van der Waals surface area contributed by atoms with Crippen LogP contribution in [-0.4, -0.2) is 18.9 Å². The Morgan fingerprint density at radius 3 is 2.16 bits per heavy atom. The topological polar surface area (TPSA) is 66.2 Å². The molecule has 2 rings (SSSR count). The summed E-state index contributed by atoms with van der Waals surface area (Å²) in [7, 11) is 3.02. The van der Waals surface area contributed by atoms with Crippen molar-refractivity contribution in [2.24, 2.45) is 14.1 Å². The van der Waals surface area contributed by atoms with E-state index in [2.05, 4.69) is 9.83 Å². The first kappa shape index (κ1) is 12.8. The third-order valence-corrected chi connectivity index (χ3v) is 3.07. The molecule has 19 heavy (non-hydrogen) atoms. The van der Waals surface area contributed by atoms with Gasteiger partial charge in [-0.05, 0) is 25.5 Å². The van der Waals surface area contributed by atoms with Gasteiger partial charge in [0, 0.05) is 19.8 Å². The molecule has 0 N–H and O–H groups in total. The van der Waals surface area contributed by atoms with Gasteiger partial charge >= 0.3 is 11.4 Å². The number of nitrogens with zero attached hydrogens (tertiary/aromatic N) is 5. The van der Waals surface area contributed by atoms with Crippen LogP contribution in [0.25, 0.3) is 10.7 Å². The lowest BCUT2D eigenvalue weighted by atomic mass is 10.2. The van der Waals surface area contributed by atoms with Crippen LogP contribution in [0.5, 0.6) is 0 Å². The number of rotatable bonds is 1. The van der Waals surface area contributed by atoms with Crippen LogP contribution in [0, 0.1) is 20.4 Å². The van der Waals surface area contributed by atoms with Crippen molar-refractivity contribution in [2.45, 2.75) is 13.8 Å². The summed E-state index contributed by atoms with van der Waals surface area (Å²) in [6.07, 6.45) is 0. The van der Waals surface area contributed by atoms with Crippen molar-refractivity contribution in [1.29, 1.82) is 0 Å². The molecule has 0 saturated heterocycles. The van der Waals surface area contributed by atoms with Crippen molar-refractivity contribution < 1.29 is 0 Å². The van der Waals surface area contributed by atoms with Gasteiger partial charge in [0.15, 0.2) is 0 Å². The van der Waals surface area contributed by atoms with Gasteiger partial charge in [-0.25, -0.2) is 28.8 Å². The Hall–Kier alpha value is -2.62. The van der Waals surface area contributed by atoms with Crippen molar-refractivity contribution in [1.82, 2.24) is 18.9 Å². The van der Waals surface area contributed by atoms with Gasteiger partial charge in [0.2, 0.25) is 5.69 Å². The van der Waals surface area contributed by atoms with E-state index in [1.807, 2.05) is 0 Å². The van der Waals surface area contributed by atoms with Gasteiger partial charge in [0.05, 0.1) is 6.57 Å². The van der Waals surface area contributed by atoms with Crippen LogP contribution >= 0.6 is 0 Å². The molecule has 2 aromatic rings. The van der Waals surface area contributed by atoms with E-state index < -0.39 is 11.4 Å². The highest BCUT2D eigenvalue weighted by molar-refractivity contribution is 5.54. The second-order valence-corrected chi connectivity index (χ2v) is 4.29. The molecular weight excluding hydrogens is 246 g/mol. The summed E-state index contributed by atoms with van der Waals surface area (Å²) >= 11 is 0. The van der Waals surface area contributed by atoms with Gasteiger partial charge in [-0.2, -0.15) is 4.57 Å². The lowest BCUT2D eigenvalue weighted by Gasteiger charge is -2.06. The molecule has 0 amide bonds. The van der Waals surface area contributed by atoms with E-state index in [0.29, 0.717) is 16.9 Å². The predicted molar refractivity (Wildman–Crippen MR) is 69.8 cm³/mol. The zero-order chi connectivity index (χ0) is 14.3. The minimum Gasteiger partial charge on any atom is -0.246 e. The normalized spacial score (nSPS) is 10.5. The van der Waals surface area contributed by atoms with E-state index >= 15 is 0 Å². The second kappa shape index (κ2) is 4.24. The molecule has 0 spiro atoms. The Morgan fingerprint density at radius 2 is 1.68 bits per heavy atom. The highest BCUT2D eigenvalue weighted by Crippen LogP contribution is 2.21. The van der Waals surface area contributed by atoms with Crippen molar-refractivity contribution in [3.05, 3.63) is 49.7 Å². The summed E-state index contributed by atoms with van der Waals surface area (Å²) < 4.78 is 3.43. The Balaban J connectivity index is 2.86. The molecule has 0 saturated carbocycles. The highest BCUT2D eigenvalue weighted by atomic mass is 16.2. The molecule has 98 valence electrons. The van der Waals surface area contributed by atoms with Crippen molar-refractivity contribution in [3.8, 4) is 5.82 Å². The van der Waals surface area contributed by atoms with Crippen molar-refractivity contribution in [3.63, 3.8) is 0 Å². The molecule has 2 aromatic heterocycles. The summed E-state index contributed by atoms with van der Waals surface area (Å²) in [5, 5.41) is 0. The lowest BCUT2D eigenvalue weighted by molar-refractivity contribution is 0.565. The number of hydrogen-bond acceptors (Lipinski definition) is 3. The molecule has 0 atom stereocenters. The smallest absolute Gasteiger partial charge is 0.246 e. The molecule has 0 fully saturated rings. The first-order valence-electron chi connectivity index (χ1n) is 5.59. The molecule has 0 radical (unpaired) electrons. The molecule has 0 aromatic carbocycles. The van der Waals surface area contributed by atoms with E-state index in [1.54, 1.807) is 19.9 Å². The summed E-state index contributed by atoms with van der Waals surface area (Å²) in [6, 6.07) is 1.63. The lowest BCUT2D eigenvalue weighted by Crippen LogP contribution is -2.28. The van der Waals surface area contributed by atoms with Gasteiger partial charge in [-0.3, -0.25) is 0 Å². The van der Waals surface area contributed by atoms with Crippen LogP contribution in [-0.2, 0) is 14.1 Å². The minimum atomic E-state index is -0.460. The standard InChI is InChI=1S/C12H13N5O2/c1-7-6-9(13-3)8(2)14-10(7)17-11(18)15(4)16(5)12(17)19/h6H,1-2,4-5H3. The van der Waals surface area contributed by atoms with Crippen LogP contribution in [0.1, 0.15) is 11.3 Å². The van der Waals surface area contributed by atoms with E-state index in [0.717, 1.165) is 4.57 Å². The largest absolute Gasteiger partial charge is 0.352 e. The highest BCUT2D eigenvalue weighted by Gasteiger charge is 2.16. The zero-order valence-corrected chi connectivity index (χ0v) is 11.1. The van der Waals surface area contributed by atoms with Gasteiger partial charge < -0.3 is 0 Å². The van der Waals surface area contributed by atoms with Gasteiger partial charge in [-0.1, -0.05) is 0 Å². The molecule has 0 aliphatic heterocycles. The molecule has 2 heterocycles. The molecule has 0 aliphatic carbocycles. The maximum absolute atomic E-state index is 12.0. The Kier molecular flexibility index (Phi) is 2.86. The molecular formula is C12H13N5O2. The van der Waals surface area contributed by atoms with Crippen LogP contribution in [0.4, 0.5) is 5.69 Å². The first-order valence-corrected chi connectivity index (χ1v) is 5.59. The predicted octanol–water partition coefficient (Wildman–Crippen LogP) is 0.437. The number of aryl methyl sites for hydroxylation is 2. The van der Waals surface area contributed by atoms with Crippen LogP contribution in [0.3, 0.4) is 0 Å². The van der Waals surface area contributed by atoms with E-state index in [4.69, 9.17) is 6.57 Å². The van der Waals surface area contributed by atoms with E-state index in [1.165, 1.54) is 23.5 Å². The Labute approximate surface area is 109 Å². The van der Waals surface area contributed by atoms with Crippen molar-refractivity contribution in [2.75, 3.05) is 0 Å². The van der Waals surface area contributed by atoms with Crippen LogP contribution < -0.4 is 11.4 Å². The van der Waals surface area contributed by atoms with Crippen molar-refractivity contribution >= 4 is 5.69 Å². The summed E-state index contributed by atoms with van der Waals surface area (Å²) in [5.74, 6) is 0.274. The monoisotopic (exact) mass is 259 g/mol. The van der Waals surface area contributed by atoms with Gasteiger partial charge in [0.25, 0.3) is 0 Å². The van der Waals surface area contributed by atoms with Crippen LogP contribution in [0.15, 0.2) is 15.7 Å². The van der Waals surface area contributed by atoms with E-state index in [-0.39, 0.29) is 5.82 Å². The number of hydrogen-bond donors (Lipinski definition) is 0. The Morgan fingerprint density at radius 1 is 1.16 bits per heavy atom. The molecule has 0 aliphatic rings. The quantitative estimate of drug-likeness (QED) is 0.698. The molecule has 7 heteroatoms. The van der Waals surface area contributed by atoms with Gasteiger partial charge in [0.1, 0.15) is 5.82 Å². The average molecular weight is 259 g/mol. The zero-order valence-electron chi connectivity index (χ0n) is 11.1. The summed E-state index contributed by atoms with van der Waals surface area (Å²) in [4.78, 5) is 31.6. The molecule has 0 bridgehead atoms. The summed E-state index contributed by atoms with van der Waals surface area (Å²) in [6.45, 7) is 10.4.